The number of hydrogen-bond acceptors (Lipinski definition) is 2. The van der Waals surface area contributed by atoms with E-state index in [2.05, 4.69) is 45.0 Å². The fraction of sp³-hybridized carbons (Fsp3) is 0.517. The molecule has 1 heterocycles. The quantitative estimate of drug-likeness (QED) is 0.368. The van der Waals surface area contributed by atoms with E-state index in [1.54, 1.807) is 6.92 Å². The Labute approximate surface area is 199 Å². The second kappa shape index (κ2) is 20.8. The third-order valence-corrected chi connectivity index (χ3v) is 4.03. The zero-order valence-corrected chi connectivity index (χ0v) is 22.8. The number of benzene rings is 1. The third kappa shape index (κ3) is 21.1. The SMILES string of the molecule is C=C(C)/C(C)=C\C.C=C(C)C.C=C(C)Nc1c(C)cc(C)cc1F.CC.CC1CCOC1. The number of rotatable bonds is 3. The lowest BCUT2D eigenvalue weighted by molar-refractivity contribution is 0.188. The highest BCUT2D eigenvalue weighted by molar-refractivity contribution is 5.56. The molecule has 0 radical (unpaired) electrons. The first-order chi connectivity index (χ1) is 14.8. The predicted molar refractivity (Wildman–Crippen MR) is 145 cm³/mol. The summed E-state index contributed by atoms with van der Waals surface area (Å²) in [6, 6.07) is 3.45. The summed E-state index contributed by atoms with van der Waals surface area (Å²) in [5, 5.41) is 2.90. The minimum absolute atomic E-state index is 0.222. The van der Waals surface area contributed by atoms with Crippen LogP contribution in [0.5, 0.6) is 0 Å². The first-order valence-electron chi connectivity index (χ1n) is 11.5. The molecule has 0 bridgehead atoms. The predicted octanol–water partition coefficient (Wildman–Crippen LogP) is 9.57. The molecule has 32 heavy (non-hydrogen) atoms. The van der Waals surface area contributed by atoms with Gasteiger partial charge in [0.05, 0.1) is 5.69 Å². The third-order valence-electron chi connectivity index (χ3n) is 4.03. The highest BCUT2D eigenvalue weighted by atomic mass is 19.1. The van der Waals surface area contributed by atoms with Crippen molar-refractivity contribution in [2.75, 3.05) is 18.5 Å². The molecule has 1 saturated heterocycles. The van der Waals surface area contributed by atoms with Crippen molar-refractivity contribution in [2.45, 2.75) is 82.6 Å². The fourth-order valence-corrected chi connectivity index (χ4v) is 2.19. The maximum atomic E-state index is 13.4. The molecular weight excluding hydrogens is 397 g/mol. The molecule has 1 aromatic rings. The maximum absolute atomic E-state index is 13.4. The van der Waals surface area contributed by atoms with E-state index in [-0.39, 0.29) is 5.82 Å². The van der Waals surface area contributed by atoms with E-state index in [0.29, 0.717) is 5.69 Å². The second-order valence-electron chi connectivity index (χ2n) is 8.27. The maximum Gasteiger partial charge on any atom is 0.147 e. The Kier molecular flexibility index (Phi) is 22.4. The molecule has 2 nitrogen and oxygen atoms in total. The van der Waals surface area contributed by atoms with Crippen LogP contribution in [0.4, 0.5) is 10.1 Å². The van der Waals surface area contributed by atoms with Crippen molar-refractivity contribution in [3.05, 3.63) is 77.3 Å². The fourth-order valence-electron chi connectivity index (χ4n) is 2.19. The molecule has 184 valence electrons. The van der Waals surface area contributed by atoms with Crippen LogP contribution in [-0.4, -0.2) is 13.2 Å². The molecule has 1 N–H and O–H groups in total. The molecule has 0 aliphatic carbocycles. The molecule has 1 aliphatic rings. The highest BCUT2D eigenvalue weighted by Crippen LogP contribution is 2.22. The summed E-state index contributed by atoms with van der Waals surface area (Å²) in [6.45, 7) is 34.8. The first-order valence-corrected chi connectivity index (χ1v) is 11.5. The average Bonchev–Trinajstić information content (AvgIpc) is 3.17. The van der Waals surface area contributed by atoms with E-state index >= 15 is 0 Å². The summed E-state index contributed by atoms with van der Waals surface area (Å²) in [5.74, 6) is 0.602. The second-order valence-corrected chi connectivity index (χ2v) is 8.27. The Morgan fingerprint density at radius 2 is 1.56 bits per heavy atom. The molecule has 1 fully saturated rings. The summed E-state index contributed by atoms with van der Waals surface area (Å²) in [7, 11) is 0. The molecule has 0 saturated carbocycles. The molecule has 3 heteroatoms. The first kappa shape index (κ1) is 34.5. The summed E-state index contributed by atoms with van der Waals surface area (Å²) >= 11 is 0. The van der Waals surface area contributed by atoms with Gasteiger partial charge in [-0.15, -0.1) is 6.58 Å². The van der Waals surface area contributed by atoms with Crippen LogP contribution in [0.2, 0.25) is 0 Å². The zero-order chi connectivity index (χ0) is 25.9. The van der Waals surface area contributed by atoms with Crippen molar-refractivity contribution in [3.8, 4) is 0 Å². The van der Waals surface area contributed by atoms with Gasteiger partial charge in [0, 0.05) is 18.9 Å². The van der Waals surface area contributed by atoms with Gasteiger partial charge in [-0.1, -0.05) is 62.8 Å². The van der Waals surface area contributed by atoms with E-state index in [9.17, 15) is 4.39 Å². The highest BCUT2D eigenvalue weighted by Gasteiger charge is 2.07. The van der Waals surface area contributed by atoms with Crippen LogP contribution >= 0.6 is 0 Å². The van der Waals surface area contributed by atoms with Gasteiger partial charge in [-0.3, -0.25) is 0 Å². The molecule has 0 aromatic heterocycles. The Bertz CT molecular complexity index is 683. The summed E-state index contributed by atoms with van der Waals surface area (Å²) in [6.07, 6.45) is 3.32. The number of nitrogens with one attached hydrogen (secondary N) is 1. The van der Waals surface area contributed by atoms with Crippen LogP contribution in [0.3, 0.4) is 0 Å². The van der Waals surface area contributed by atoms with E-state index in [4.69, 9.17) is 4.74 Å². The molecular formula is C29H50FNO. The summed E-state index contributed by atoms with van der Waals surface area (Å²) in [4.78, 5) is 0. The number of halogens is 1. The van der Waals surface area contributed by atoms with Crippen molar-refractivity contribution in [2.24, 2.45) is 5.92 Å². The Morgan fingerprint density at radius 1 is 1.06 bits per heavy atom. The van der Waals surface area contributed by atoms with Crippen LogP contribution in [-0.2, 0) is 4.74 Å². The van der Waals surface area contributed by atoms with Gasteiger partial charge in [0.25, 0.3) is 0 Å². The van der Waals surface area contributed by atoms with E-state index in [0.717, 1.165) is 41.5 Å². The number of anilines is 1. The van der Waals surface area contributed by atoms with E-state index in [1.165, 1.54) is 23.6 Å². The lowest BCUT2D eigenvalue weighted by Gasteiger charge is -2.10. The minimum Gasteiger partial charge on any atom is -0.381 e. The van der Waals surface area contributed by atoms with E-state index in [1.807, 2.05) is 61.5 Å². The van der Waals surface area contributed by atoms with Gasteiger partial charge in [0.2, 0.25) is 0 Å². The number of hydrogen-bond donors (Lipinski definition) is 1. The van der Waals surface area contributed by atoms with Crippen LogP contribution in [0.15, 0.2) is 60.4 Å². The number of ether oxygens (including phenoxy) is 1. The monoisotopic (exact) mass is 447 g/mol. The summed E-state index contributed by atoms with van der Waals surface area (Å²) in [5.41, 5.74) is 6.70. The van der Waals surface area contributed by atoms with Gasteiger partial charge in [0.1, 0.15) is 5.82 Å². The number of aryl methyl sites for hydroxylation is 2. The Morgan fingerprint density at radius 3 is 1.78 bits per heavy atom. The lowest BCUT2D eigenvalue weighted by Crippen LogP contribution is -1.99. The Balaban J connectivity index is -0.000000376. The normalized spacial score (nSPS) is 14.0. The van der Waals surface area contributed by atoms with Gasteiger partial charge >= 0.3 is 0 Å². The van der Waals surface area contributed by atoms with Crippen LogP contribution in [0.25, 0.3) is 0 Å². The molecule has 1 aliphatic heterocycles. The van der Waals surface area contributed by atoms with Gasteiger partial charge in [0.15, 0.2) is 0 Å². The smallest absolute Gasteiger partial charge is 0.147 e. The molecule has 1 atom stereocenters. The largest absolute Gasteiger partial charge is 0.381 e. The summed E-state index contributed by atoms with van der Waals surface area (Å²) < 4.78 is 18.4. The van der Waals surface area contributed by atoms with Crippen LogP contribution in [0, 0.1) is 25.6 Å². The molecule has 1 unspecified atom stereocenters. The molecule has 0 amide bonds. The van der Waals surface area contributed by atoms with Crippen molar-refractivity contribution in [3.63, 3.8) is 0 Å². The van der Waals surface area contributed by atoms with Gasteiger partial charge in [-0.05, 0) is 84.9 Å². The standard InChI is InChI=1S/C11H14FN.C7H12.C5H10O.C4H8.C2H6/c1-7(2)13-11-9(4)5-8(3)6-10(11)12;1-5-7(4)6(2)3;1-5-2-3-6-4-5;1-4(2)3;1-2/h5-6,13H,1H2,2-4H3;5H,2H2,1,3-4H3;5H,2-4H2,1H3;1H2,2-3H3;1-2H3/b;7-5-;;;. The van der Waals surface area contributed by atoms with Crippen molar-refractivity contribution >= 4 is 5.69 Å². The topological polar surface area (TPSA) is 21.3 Å². The molecule has 2 rings (SSSR count). The number of allylic oxidation sites excluding steroid dienone is 5. The van der Waals surface area contributed by atoms with E-state index < -0.39 is 0 Å². The van der Waals surface area contributed by atoms with Crippen molar-refractivity contribution in [1.82, 2.24) is 0 Å². The average molecular weight is 448 g/mol. The zero-order valence-electron chi connectivity index (χ0n) is 22.8. The van der Waals surface area contributed by atoms with Gasteiger partial charge < -0.3 is 10.1 Å². The minimum atomic E-state index is -0.222. The molecule has 1 aromatic carbocycles. The van der Waals surface area contributed by atoms with Crippen molar-refractivity contribution in [1.29, 1.82) is 0 Å². The van der Waals surface area contributed by atoms with Crippen molar-refractivity contribution < 1.29 is 9.13 Å². The van der Waals surface area contributed by atoms with Gasteiger partial charge in [-0.25, -0.2) is 4.39 Å². The lowest BCUT2D eigenvalue weighted by atomic mass is 10.1. The Hall–Kier alpha value is -2.13. The van der Waals surface area contributed by atoms with Gasteiger partial charge in [-0.2, -0.15) is 0 Å². The van der Waals surface area contributed by atoms with Crippen LogP contribution < -0.4 is 5.32 Å². The molecule has 0 spiro atoms. The van der Waals surface area contributed by atoms with Crippen LogP contribution in [0.1, 0.15) is 79.9 Å².